The third-order valence-corrected chi connectivity index (χ3v) is 3.17. The van der Waals surface area contributed by atoms with E-state index >= 15 is 0 Å². The SMILES string of the molecule is Cn1cnnc1SCc1ccnc(NC=O)c1. The number of anilines is 1. The van der Waals surface area contributed by atoms with Gasteiger partial charge in [0.2, 0.25) is 6.41 Å². The van der Waals surface area contributed by atoms with Crippen molar-refractivity contribution < 1.29 is 4.79 Å². The van der Waals surface area contributed by atoms with Crippen LogP contribution in [0.15, 0.2) is 29.8 Å². The predicted octanol–water partition coefficient (Wildman–Crippen LogP) is 1.07. The van der Waals surface area contributed by atoms with E-state index in [0.717, 1.165) is 16.5 Å². The molecule has 0 saturated carbocycles. The molecule has 0 aromatic carbocycles. The number of rotatable bonds is 5. The summed E-state index contributed by atoms with van der Waals surface area (Å²) in [5.74, 6) is 1.30. The van der Waals surface area contributed by atoms with Crippen molar-refractivity contribution in [3.05, 3.63) is 30.2 Å². The normalized spacial score (nSPS) is 10.2. The van der Waals surface area contributed by atoms with E-state index in [4.69, 9.17) is 0 Å². The van der Waals surface area contributed by atoms with E-state index in [2.05, 4.69) is 20.5 Å². The molecule has 1 N–H and O–H groups in total. The Labute approximate surface area is 102 Å². The molecule has 0 fully saturated rings. The van der Waals surface area contributed by atoms with Crippen LogP contribution in [-0.4, -0.2) is 26.2 Å². The van der Waals surface area contributed by atoms with E-state index in [1.54, 1.807) is 24.3 Å². The van der Waals surface area contributed by atoms with Crippen LogP contribution in [0.5, 0.6) is 0 Å². The second-order valence-corrected chi connectivity index (χ2v) is 4.27. The highest BCUT2D eigenvalue weighted by Crippen LogP contribution is 2.20. The van der Waals surface area contributed by atoms with Gasteiger partial charge in [-0.15, -0.1) is 10.2 Å². The van der Waals surface area contributed by atoms with Crippen LogP contribution in [0.25, 0.3) is 0 Å². The van der Waals surface area contributed by atoms with Gasteiger partial charge in [-0.1, -0.05) is 11.8 Å². The number of aryl methyl sites for hydroxylation is 1. The van der Waals surface area contributed by atoms with Crippen LogP contribution in [0.1, 0.15) is 5.56 Å². The maximum atomic E-state index is 10.3. The summed E-state index contributed by atoms with van der Waals surface area (Å²) in [7, 11) is 1.90. The number of aromatic nitrogens is 4. The van der Waals surface area contributed by atoms with Crippen molar-refractivity contribution >= 4 is 24.0 Å². The van der Waals surface area contributed by atoms with Gasteiger partial charge in [-0.25, -0.2) is 4.98 Å². The average molecular weight is 249 g/mol. The molecule has 2 aromatic rings. The van der Waals surface area contributed by atoms with Gasteiger partial charge >= 0.3 is 0 Å². The summed E-state index contributed by atoms with van der Waals surface area (Å²) in [5, 5.41) is 11.2. The van der Waals surface area contributed by atoms with Crippen LogP contribution in [0.4, 0.5) is 5.82 Å². The van der Waals surface area contributed by atoms with E-state index in [-0.39, 0.29) is 0 Å². The summed E-state index contributed by atoms with van der Waals surface area (Å²) in [6.07, 6.45) is 3.94. The molecule has 1 amide bonds. The maximum absolute atomic E-state index is 10.3. The smallest absolute Gasteiger partial charge is 0.212 e. The minimum absolute atomic E-state index is 0.552. The average Bonchev–Trinajstić information content (AvgIpc) is 2.73. The lowest BCUT2D eigenvalue weighted by Gasteiger charge is -2.03. The number of thioether (sulfide) groups is 1. The highest BCUT2D eigenvalue weighted by molar-refractivity contribution is 7.98. The first-order valence-electron chi connectivity index (χ1n) is 4.91. The lowest BCUT2D eigenvalue weighted by Crippen LogP contribution is -1.97. The Morgan fingerprint density at radius 2 is 2.47 bits per heavy atom. The van der Waals surface area contributed by atoms with Gasteiger partial charge in [-0.3, -0.25) is 4.79 Å². The molecule has 17 heavy (non-hydrogen) atoms. The minimum atomic E-state index is 0.552. The summed E-state index contributed by atoms with van der Waals surface area (Å²) in [5.41, 5.74) is 1.07. The van der Waals surface area contributed by atoms with Gasteiger partial charge < -0.3 is 9.88 Å². The summed E-state index contributed by atoms with van der Waals surface area (Å²) in [6, 6.07) is 3.73. The molecule has 2 heterocycles. The molecule has 0 aliphatic rings. The number of nitrogens with zero attached hydrogens (tertiary/aromatic N) is 4. The van der Waals surface area contributed by atoms with E-state index in [9.17, 15) is 4.79 Å². The monoisotopic (exact) mass is 249 g/mol. The second kappa shape index (κ2) is 5.44. The second-order valence-electron chi connectivity index (χ2n) is 3.32. The summed E-state index contributed by atoms with van der Waals surface area (Å²) in [6.45, 7) is 0. The summed E-state index contributed by atoms with van der Waals surface area (Å²) in [4.78, 5) is 14.3. The fourth-order valence-corrected chi connectivity index (χ4v) is 2.09. The number of carbonyl (C=O) groups excluding carboxylic acids is 1. The highest BCUT2D eigenvalue weighted by Gasteiger charge is 2.03. The van der Waals surface area contributed by atoms with E-state index in [0.29, 0.717) is 12.2 Å². The molecule has 0 spiro atoms. The van der Waals surface area contributed by atoms with E-state index in [1.165, 1.54) is 0 Å². The highest BCUT2D eigenvalue weighted by atomic mass is 32.2. The largest absolute Gasteiger partial charge is 0.313 e. The molecule has 2 rings (SSSR count). The van der Waals surface area contributed by atoms with Crippen LogP contribution >= 0.6 is 11.8 Å². The topological polar surface area (TPSA) is 72.7 Å². The molecule has 0 radical (unpaired) electrons. The fourth-order valence-electron chi connectivity index (χ4n) is 1.25. The van der Waals surface area contributed by atoms with Crippen LogP contribution in [-0.2, 0) is 17.6 Å². The zero-order chi connectivity index (χ0) is 12.1. The van der Waals surface area contributed by atoms with Crippen LogP contribution in [0.3, 0.4) is 0 Å². The van der Waals surface area contributed by atoms with Crippen LogP contribution in [0, 0.1) is 0 Å². The van der Waals surface area contributed by atoms with Gasteiger partial charge in [-0.05, 0) is 17.7 Å². The van der Waals surface area contributed by atoms with Gasteiger partial charge in [-0.2, -0.15) is 0 Å². The van der Waals surface area contributed by atoms with Gasteiger partial charge in [0.05, 0.1) is 0 Å². The Morgan fingerprint density at radius 3 is 3.18 bits per heavy atom. The lowest BCUT2D eigenvalue weighted by atomic mass is 10.3. The molecular weight excluding hydrogens is 238 g/mol. The zero-order valence-corrected chi connectivity index (χ0v) is 10.0. The van der Waals surface area contributed by atoms with Gasteiger partial charge in [0.15, 0.2) is 5.16 Å². The molecule has 0 aliphatic heterocycles. The first-order valence-corrected chi connectivity index (χ1v) is 5.90. The molecule has 7 heteroatoms. The van der Waals surface area contributed by atoms with Gasteiger partial charge in [0, 0.05) is 19.0 Å². The van der Waals surface area contributed by atoms with Gasteiger partial charge in [0.1, 0.15) is 12.1 Å². The number of hydrogen-bond acceptors (Lipinski definition) is 5. The minimum Gasteiger partial charge on any atom is -0.313 e. The number of carbonyl (C=O) groups is 1. The molecular formula is C10H11N5OS. The molecule has 2 aromatic heterocycles. The molecule has 0 saturated heterocycles. The van der Waals surface area contributed by atoms with E-state index < -0.39 is 0 Å². The Hall–Kier alpha value is -1.89. The quantitative estimate of drug-likeness (QED) is 0.634. The molecule has 88 valence electrons. The summed E-state index contributed by atoms with van der Waals surface area (Å²) < 4.78 is 1.86. The predicted molar refractivity (Wildman–Crippen MR) is 64.5 cm³/mol. The Bertz CT molecular complexity index is 513. The molecule has 0 atom stereocenters. The third-order valence-electron chi connectivity index (χ3n) is 2.07. The van der Waals surface area contributed by atoms with Crippen molar-refractivity contribution in [2.45, 2.75) is 10.9 Å². The van der Waals surface area contributed by atoms with Crippen molar-refractivity contribution in [3.8, 4) is 0 Å². The first kappa shape index (κ1) is 11.6. The first-order chi connectivity index (χ1) is 8.29. The van der Waals surface area contributed by atoms with Crippen molar-refractivity contribution in [2.75, 3.05) is 5.32 Å². The molecule has 0 bridgehead atoms. The van der Waals surface area contributed by atoms with Crippen molar-refractivity contribution in [3.63, 3.8) is 0 Å². The van der Waals surface area contributed by atoms with Crippen LogP contribution < -0.4 is 5.32 Å². The summed E-state index contributed by atoms with van der Waals surface area (Å²) >= 11 is 1.58. The standard InChI is InChI=1S/C10H11N5OS/c1-15-6-13-14-10(15)17-5-8-2-3-11-9(4-8)12-7-16/h2-4,6-7H,5H2,1H3,(H,11,12,16). The zero-order valence-electron chi connectivity index (χ0n) is 9.20. The van der Waals surface area contributed by atoms with Gasteiger partial charge in [0.25, 0.3) is 0 Å². The Kier molecular flexibility index (Phi) is 3.71. The maximum Gasteiger partial charge on any atom is 0.212 e. The Balaban J connectivity index is 2.01. The lowest BCUT2D eigenvalue weighted by molar-refractivity contribution is -0.105. The number of nitrogens with one attached hydrogen (secondary N) is 1. The molecule has 0 aliphatic carbocycles. The number of amides is 1. The molecule has 6 nitrogen and oxygen atoms in total. The number of pyridine rings is 1. The van der Waals surface area contributed by atoms with Crippen molar-refractivity contribution in [1.82, 2.24) is 19.7 Å². The van der Waals surface area contributed by atoms with E-state index in [1.807, 2.05) is 23.7 Å². The number of hydrogen-bond donors (Lipinski definition) is 1. The molecule has 0 unspecified atom stereocenters. The fraction of sp³-hybridized carbons (Fsp3) is 0.200. The van der Waals surface area contributed by atoms with Crippen LogP contribution in [0.2, 0.25) is 0 Å². The Morgan fingerprint density at radius 1 is 1.59 bits per heavy atom. The van der Waals surface area contributed by atoms with Crippen molar-refractivity contribution in [2.24, 2.45) is 7.05 Å². The third kappa shape index (κ3) is 3.04. The van der Waals surface area contributed by atoms with Crippen molar-refractivity contribution in [1.29, 1.82) is 0 Å².